The van der Waals surface area contributed by atoms with Crippen molar-refractivity contribution in [2.75, 3.05) is 13.7 Å². The number of rotatable bonds is 10. The number of halogens is 5. The van der Waals surface area contributed by atoms with Crippen molar-refractivity contribution in [1.82, 2.24) is 0 Å². The van der Waals surface area contributed by atoms with Gasteiger partial charge in [-0.25, -0.2) is 9.59 Å². The molecule has 0 heterocycles. The third-order valence-electron chi connectivity index (χ3n) is 4.22. The van der Waals surface area contributed by atoms with E-state index in [1.54, 1.807) is 0 Å². The van der Waals surface area contributed by atoms with E-state index in [1.165, 1.54) is 55.7 Å². The Hall–Kier alpha value is -3.63. The van der Waals surface area contributed by atoms with Crippen LogP contribution in [0.3, 0.4) is 0 Å². The lowest BCUT2D eigenvalue weighted by Gasteiger charge is -2.19. The van der Waals surface area contributed by atoms with E-state index in [2.05, 4.69) is 0 Å². The lowest BCUT2D eigenvalue weighted by Crippen LogP contribution is -2.36. The number of carbonyl (C=O) groups excluding carboxylic acids is 1. The molecule has 0 aromatic heterocycles. The first-order valence-corrected chi connectivity index (χ1v) is 9.41. The molecule has 0 aliphatic rings. The van der Waals surface area contributed by atoms with Gasteiger partial charge in [0.25, 0.3) is 0 Å². The highest BCUT2D eigenvalue weighted by atomic mass is 19.4. The van der Waals surface area contributed by atoms with Crippen LogP contribution >= 0.6 is 0 Å². The number of hydrogen-bond acceptors (Lipinski definition) is 5. The van der Waals surface area contributed by atoms with Crippen LogP contribution in [0.4, 0.5) is 22.0 Å². The Morgan fingerprint density at radius 2 is 1.67 bits per heavy atom. The molecule has 0 bridgehead atoms. The number of carboxylic acid groups (broad SMARTS) is 1. The Balaban J connectivity index is 1.94. The van der Waals surface area contributed by atoms with Gasteiger partial charge in [-0.2, -0.15) is 22.0 Å². The molecule has 0 radical (unpaired) electrons. The average molecular weight is 474 g/mol. The minimum atomic E-state index is -5.60. The van der Waals surface area contributed by atoms with Crippen LogP contribution in [0.5, 0.6) is 17.2 Å². The van der Waals surface area contributed by atoms with Gasteiger partial charge >= 0.3 is 24.0 Å². The van der Waals surface area contributed by atoms with Crippen molar-refractivity contribution in [1.29, 1.82) is 0 Å². The summed E-state index contributed by atoms with van der Waals surface area (Å²) in [4.78, 5) is 23.0. The van der Waals surface area contributed by atoms with E-state index >= 15 is 0 Å². The van der Waals surface area contributed by atoms with Crippen molar-refractivity contribution in [3.63, 3.8) is 0 Å². The number of aliphatic carboxylic acids is 1. The molecule has 6 nitrogen and oxygen atoms in total. The van der Waals surface area contributed by atoms with Crippen LogP contribution in [-0.4, -0.2) is 42.9 Å². The second kappa shape index (κ2) is 10.8. The number of ether oxygens (including phenoxy) is 3. The quantitative estimate of drug-likeness (QED) is 0.164. The zero-order valence-electron chi connectivity index (χ0n) is 17.2. The van der Waals surface area contributed by atoms with Crippen molar-refractivity contribution in [2.45, 2.75) is 24.9 Å². The zero-order chi connectivity index (χ0) is 24.6. The van der Waals surface area contributed by atoms with Crippen molar-refractivity contribution in [2.24, 2.45) is 0 Å². The van der Waals surface area contributed by atoms with Crippen LogP contribution in [0.15, 0.2) is 48.5 Å². The summed E-state index contributed by atoms with van der Waals surface area (Å²) in [7, 11) is 1.34. The first-order chi connectivity index (χ1) is 15.4. The van der Waals surface area contributed by atoms with E-state index in [9.17, 15) is 31.5 Å². The largest absolute Gasteiger partial charge is 0.494 e. The minimum absolute atomic E-state index is 0.0842. The second-order valence-corrected chi connectivity index (χ2v) is 6.65. The number of methoxy groups -OCH3 is 1. The molecule has 178 valence electrons. The summed E-state index contributed by atoms with van der Waals surface area (Å²) in [6.45, 7) is -0.366. The van der Waals surface area contributed by atoms with Crippen LogP contribution in [0.25, 0.3) is 6.08 Å². The van der Waals surface area contributed by atoms with Crippen LogP contribution in [0.1, 0.15) is 28.8 Å². The SMILES string of the molecule is COc1cc(C=CC(=O)O)ccc1OC(=O)c1ccc(OCCCC(F)(F)C(F)(F)F)cc1. The standard InChI is InChI=1S/C22H19F5O6/c1-31-18-13-14(4-10-19(28)29)3-9-17(18)33-20(30)15-5-7-16(8-6-15)32-12-2-11-21(23,24)22(25,26)27/h3-10,13H,2,11-12H2,1H3,(H,28,29). The molecule has 0 saturated carbocycles. The number of carboxylic acids is 1. The number of benzene rings is 2. The monoisotopic (exact) mass is 474 g/mol. The molecular weight excluding hydrogens is 455 g/mol. The van der Waals surface area contributed by atoms with Gasteiger partial charge in [0.1, 0.15) is 5.75 Å². The second-order valence-electron chi connectivity index (χ2n) is 6.65. The van der Waals surface area contributed by atoms with Crippen LogP contribution < -0.4 is 14.2 Å². The summed E-state index contributed by atoms with van der Waals surface area (Å²) in [6, 6.07) is 9.76. The Kier molecular flexibility index (Phi) is 8.38. The van der Waals surface area contributed by atoms with Crippen LogP contribution in [0, 0.1) is 0 Å². The van der Waals surface area contributed by atoms with Gasteiger partial charge < -0.3 is 19.3 Å². The van der Waals surface area contributed by atoms with Gasteiger partial charge in [-0.1, -0.05) is 6.07 Å². The topological polar surface area (TPSA) is 82.1 Å². The highest BCUT2D eigenvalue weighted by Crippen LogP contribution is 2.38. The van der Waals surface area contributed by atoms with E-state index in [-0.39, 0.29) is 29.4 Å². The number of esters is 1. The molecular formula is C22H19F5O6. The first-order valence-electron chi connectivity index (χ1n) is 9.41. The fourth-order valence-electron chi connectivity index (χ4n) is 2.51. The van der Waals surface area contributed by atoms with Crippen molar-refractivity contribution >= 4 is 18.0 Å². The maximum Gasteiger partial charge on any atom is 0.453 e. The minimum Gasteiger partial charge on any atom is -0.494 e. The van der Waals surface area contributed by atoms with Crippen LogP contribution in [0.2, 0.25) is 0 Å². The molecule has 2 aromatic carbocycles. The molecule has 0 fully saturated rings. The summed E-state index contributed by atoms with van der Waals surface area (Å²) < 4.78 is 77.6. The normalized spacial score (nSPS) is 11.9. The predicted molar refractivity (Wildman–Crippen MR) is 107 cm³/mol. The van der Waals surface area contributed by atoms with Gasteiger partial charge in [0.2, 0.25) is 0 Å². The van der Waals surface area contributed by atoms with Gasteiger partial charge in [0.15, 0.2) is 11.5 Å². The molecule has 0 unspecified atom stereocenters. The molecule has 0 saturated heterocycles. The van der Waals surface area contributed by atoms with E-state index in [0.29, 0.717) is 5.56 Å². The molecule has 0 aliphatic heterocycles. The molecule has 33 heavy (non-hydrogen) atoms. The lowest BCUT2D eigenvalue weighted by molar-refractivity contribution is -0.284. The van der Waals surface area contributed by atoms with E-state index < -0.39 is 36.9 Å². The number of alkyl halides is 5. The van der Waals surface area contributed by atoms with Crippen molar-refractivity contribution < 1.29 is 50.9 Å². The van der Waals surface area contributed by atoms with Gasteiger partial charge in [-0.05, 0) is 54.5 Å². The van der Waals surface area contributed by atoms with Gasteiger partial charge in [-0.3, -0.25) is 0 Å². The summed E-state index contributed by atoms with van der Waals surface area (Å²) in [5, 5.41) is 8.67. The van der Waals surface area contributed by atoms with E-state index in [1.807, 2.05) is 0 Å². The highest BCUT2D eigenvalue weighted by molar-refractivity contribution is 5.91. The molecule has 0 amide bonds. The fraction of sp³-hybridized carbons (Fsp3) is 0.273. The fourth-order valence-corrected chi connectivity index (χ4v) is 2.51. The Bertz CT molecular complexity index is 999. The Labute approximate surface area is 185 Å². The Morgan fingerprint density at radius 1 is 1.00 bits per heavy atom. The summed E-state index contributed by atoms with van der Waals surface area (Å²) in [5.41, 5.74) is 0.617. The third-order valence-corrected chi connectivity index (χ3v) is 4.22. The van der Waals surface area contributed by atoms with Gasteiger partial charge in [-0.15, -0.1) is 0 Å². The summed E-state index contributed by atoms with van der Waals surface area (Å²) in [6.07, 6.45) is -5.25. The Morgan fingerprint density at radius 3 is 2.24 bits per heavy atom. The predicted octanol–water partition coefficient (Wildman–Crippen LogP) is 5.37. The summed E-state index contributed by atoms with van der Waals surface area (Å²) in [5.74, 6) is -6.22. The number of hydrogen-bond donors (Lipinski definition) is 1. The highest BCUT2D eigenvalue weighted by Gasteiger charge is 2.56. The summed E-state index contributed by atoms with van der Waals surface area (Å²) >= 11 is 0. The van der Waals surface area contributed by atoms with Gasteiger partial charge in [0.05, 0.1) is 19.3 Å². The first kappa shape index (κ1) is 25.6. The van der Waals surface area contributed by atoms with Crippen molar-refractivity contribution in [3.05, 3.63) is 59.7 Å². The van der Waals surface area contributed by atoms with Gasteiger partial charge in [0, 0.05) is 12.5 Å². The molecule has 1 N–H and O–H groups in total. The smallest absolute Gasteiger partial charge is 0.453 e. The molecule has 2 aromatic rings. The molecule has 11 heteroatoms. The zero-order valence-corrected chi connectivity index (χ0v) is 17.2. The number of carbonyl (C=O) groups is 2. The maximum absolute atomic E-state index is 12.9. The molecule has 0 atom stereocenters. The average Bonchev–Trinajstić information content (AvgIpc) is 2.75. The molecule has 0 aliphatic carbocycles. The molecule has 0 spiro atoms. The van der Waals surface area contributed by atoms with Crippen molar-refractivity contribution in [3.8, 4) is 17.2 Å². The lowest BCUT2D eigenvalue weighted by atomic mass is 10.2. The van der Waals surface area contributed by atoms with E-state index in [4.69, 9.17) is 19.3 Å². The van der Waals surface area contributed by atoms with Crippen LogP contribution in [-0.2, 0) is 4.79 Å². The third kappa shape index (κ3) is 7.48. The van der Waals surface area contributed by atoms with E-state index in [0.717, 1.165) is 6.08 Å². The maximum atomic E-state index is 12.9. The molecule has 2 rings (SSSR count).